The molecule has 1 N–H and O–H groups in total. The lowest BCUT2D eigenvalue weighted by molar-refractivity contribution is -0.131. The van der Waals surface area contributed by atoms with Crippen LogP contribution in [0.25, 0.3) is 0 Å². The molecule has 0 aliphatic carbocycles. The zero-order valence-corrected chi connectivity index (χ0v) is 12.3. The van der Waals surface area contributed by atoms with Gasteiger partial charge in [-0.2, -0.15) is 0 Å². The molecule has 0 bridgehead atoms. The van der Waals surface area contributed by atoms with Gasteiger partial charge in [0, 0.05) is 18.8 Å². The predicted octanol–water partition coefficient (Wildman–Crippen LogP) is 3.06. The van der Waals surface area contributed by atoms with Gasteiger partial charge in [-0.15, -0.1) is 0 Å². The Morgan fingerprint density at radius 3 is 3.05 bits per heavy atom. The maximum atomic E-state index is 12.6. The van der Waals surface area contributed by atoms with Gasteiger partial charge in [-0.05, 0) is 43.2 Å². The van der Waals surface area contributed by atoms with Crippen LogP contribution in [-0.4, -0.2) is 29.9 Å². The molecule has 108 valence electrons. The summed E-state index contributed by atoms with van der Waals surface area (Å²) in [4.78, 5) is 14.7. The van der Waals surface area contributed by atoms with Crippen LogP contribution in [0.3, 0.4) is 0 Å². The Bertz CT molecular complexity index is 486. The minimum absolute atomic E-state index is 0.0229. The summed E-state index contributed by atoms with van der Waals surface area (Å²) >= 11 is 0. The summed E-state index contributed by atoms with van der Waals surface area (Å²) in [6.45, 7) is 4.14. The summed E-state index contributed by atoms with van der Waals surface area (Å²) in [5.74, 6) is 1.03. The maximum absolute atomic E-state index is 12.6. The molecule has 1 aromatic rings. The molecule has 1 fully saturated rings. The number of nitrogens with one attached hydrogen (secondary N) is 1. The summed E-state index contributed by atoms with van der Waals surface area (Å²) in [5, 5.41) is 3.43. The summed E-state index contributed by atoms with van der Waals surface area (Å²) < 4.78 is 0. The van der Waals surface area contributed by atoms with Gasteiger partial charge >= 0.3 is 0 Å². The highest BCUT2D eigenvalue weighted by atomic mass is 16.2. The molecule has 1 amide bonds. The summed E-state index contributed by atoms with van der Waals surface area (Å²) in [6, 6.07) is 8.31. The van der Waals surface area contributed by atoms with Gasteiger partial charge in [-0.1, -0.05) is 31.5 Å². The largest absolute Gasteiger partial charge is 0.373 e. The van der Waals surface area contributed by atoms with Crippen LogP contribution in [0.5, 0.6) is 0 Å². The average Bonchev–Trinajstić information content (AvgIpc) is 2.95. The molecule has 2 aliphatic rings. The van der Waals surface area contributed by atoms with Crippen molar-refractivity contribution in [3.63, 3.8) is 0 Å². The predicted molar refractivity (Wildman–Crippen MR) is 81.8 cm³/mol. The van der Waals surface area contributed by atoms with Crippen LogP contribution in [0.4, 0.5) is 5.69 Å². The van der Waals surface area contributed by atoms with Gasteiger partial charge in [0.2, 0.25) is 5.91 Å². The first kappa shape index (κ1) is 13.5. The molecule has 2 aliphatic heterocycles. The number of para-hydroxylation sites is 1. The van der Waals surface area contributed by atoms with Crippen molar-refractivity contribution in [3.05, 3.63) is 29.8 Å². The summed E-state index contributed by atoms with van der Waals surface area (Å²) in [7, 11) is 0. The van der Waals surface area contributed by atoms with E-state index < -0.39 is 0 Å². The lowest BCUT2D eigenvalue weighted by Gasteiger charge is -2.29. The molecular formula is C17H24N2O. The van der Waals surface area contributed by atoms with Crippen LogP contribution in [-0.2, 0) is 11.2 Å². The molecule has 0 aromatic heterocycles. The number of nitrogens with zero attached hydrogens (tertiary/aromatic N) is 1. The topological polar surface area (TPSA) is 32.3 Å². The van der Waals surface area contributed by atoms with E-state index in [4.69, 9.17) is 0 Å². The van der Waals surface area contributed by atoms with Crippen LogP contribution in [0.2, 0.25) is 0 Å². The minimum atomic E-state index is -0.0229. The highest BCUT2D eigenvalue weighted by Gasteiger charge is 2.32. The smallest absolute Gasteiger partial charge is 0.245 e. The number of anilines is 1. The normalized spacial score (nSPS) is 25.1. The van der Waals surface area contributed by atoms with E-state index in [1.807, 2.05) is 6.07 Å². The average molecular weight is 272 g/mol. The Kier molecular flexibility index (Phi) is 3.95. The van der Waals surface area contributed by atoms with Crippen LogP contribution in [0, 0.1) is 5.92 Å². The van der Waals surface area contributed by atoms with Crippen LogP contribution < -0.4 is 5.32 Å². The van der Waals surface area contributed by atoms with E-state index in [1.165, 1.54) is 24.8 Å². The first-order chi connectivity index (χ1) is 9.78. The maximum Gasteiger partial charge on any atom is 0.245 e. The molecule has 2 heterocycles. The Labute approximate surface area is 121 Å². The molecule has 1 saturated heterocycles. The molecule has 2 unspecified atom stereocenters. The molecule has 3 rings (SSSR count). The second-order valence-electron chi connectivity index (χ2n) is 6.12. The lowest BCUT2D eigenvalue weighted by atomic mass is 9.97. The van der Waals surface area contributed by atoms with Crippen molar-refractivity contribution >= 4 is 11.6 Å². The molecule has 0 radical (unpaired) electrons. The van der Waals surface area contributed by atoms with E-state index >= 15 is 0 Å². The summed E-state index contributed by atoms with van der Waals surface area (Å²) in [5.41, 5.74) is 2.48. The van der Waals surface area contributed by atoms with Gasteiger partial charge in [0.1, 0.15) is 6.04 Å². The number of hydrogen-bond acceptors (Lipinski definition) is 2. The molecule has 3 nitrogen and oxygen atoms in total. The Balaban J connectivity index is 1.62. The highest BCUT2D eigenvalue weighted by molar-refractivity contribution is 5.86. The SMILES string of the molecule is CCCC1CCN(C(=O)C2CCc3ccccc3N2)C1. The van der Waals surface area contributed by atoms with Gasteiger partial charge in [0.05, 0.1) is 0 Å². The number of benzene rings is 1. The number of aryl methyl sites for hydroxylation is 1. The van der Waals surface area contributed by atoms with Crippen LogP contribution in [0.15, 0.2) is 24.3 Å². The minimum Gasteiger partial charge on any atom is -0.373 e. The molecule has 2 atom stereocenters. The number of fused-ring (bicyclic) bond motifs is 1. The molecule has 3 heteroatoms. The van der Waals surface area contributed by atoms with Crippen molar-refractivity contribution in [1.29, 1.82) is 0 Å². The zero-order valence-electron chi connectivity index (χ0n) is 12.3. The Morgan fingerprint density at radius 2 is 2.20 bits per heavy atom. The van der Waals surface area contributed by atoms with Gasteiger partial charge in [-0.25, -0.2) is 0 Å². The molecule has 20 heavy (non-hydrogen) atoms. The second kappa shape index (κ2) is 5.86. The van der Waals surface area contributed by atoms with E-state index in [9.17, 15) is 4.79 Å². The highest BCUT2D eigenvalue weighted by Crippen LogP contribution is 2.27. The molecular weight excluding hydrogens is 248 g/mol. The van der Waals surface area contributed by atoms with Crippen molar-refractivity contribution in [1.82, 2.24) is 4.90 Å². The Hall–Kier alpha value is -1.51. The van der Waals surface area contributed by atoms with Crippen molar-refractivity contribution in [2.75, 3.05) is 18.4 Å². The Morgan fingerprint density at radius 1 is 1.35 bits per heavy atom. The van der Waals surface area contributed by atoms with Gasteiger partial charge in [0.25, 0.3) is 0 Å². The molecule has 0 spiro atoms. The fourth-order valence-corrected chi connectivity index (χ4v) is 3.52. The molecule has 1 aromatic carbocycles. The van der Waals surface area contributed by atoms with Crippen molar-refractivity contribution in [3.8, 4) is 0 Å². The third kappa shape index (κ3) is 2.67. The lowest BCUT2D eigenvalue weighted by Crippen LogP contribution is -2.43. The first-order valence-corrected chi connectivity index (χ1v) is 7.91. The third-order valence-corrected chi connectivity index (χ3v) is 4.64. The van der Waals surface area contributed by atoms with Gasteiger partial charge in [-0.3, -0.25) is 4.79 Å². The van der Waals surface area contributed by atoms with Crippen LogP contribution >= 0.6 is 0 Å². The summed E-state index contributed by atoms with van der Waals surface area (Å²) in [6.07, 6.45) is 5.59. The van der Waals surface area contributed by atoms with E-state index in [2.05, 4.69) is 35.3 Å². The monoisotopic (exact) mass is 272 g/mol. The van der Waals surface area contributed by atoms with Gasteiger partial charge in [0.15, 0.2) is 0 Å². The van der Waals surface area contributed by atoms with E-state index in [1.54, 1.807) is 0 Å². The van der Waals surface area contributed by atoms with E-state index in [0.29, 0.717) is 5.91 Å². The number of amides is 1. The van der Waals surface area contributed by atoms with Crippen molar-refractivity contribution < 1.29 is 4.79 Å². The number of carbonyl (C=O) groups is 1. The van der Waals surface area contributed by atoms with Crippen molar-refractivity contribution in [2.24, 2.45) is 5.92 Å². The fourth-order valence-electron chi connectivity index (χ4n) is 3.52. The second-order valence-corrected chi connectivity index (χ2v) is 6.12. The number of hydrogen-bond donors (Lipinski definition) is 1. The first-order valence-electron chi connectivity index (χ1n) is 7.91. The number of likely N-dealkylation sites (tertiary alicyclic amines) is 1. The quantitative estimate of drug-likeness (QED) is 0.917. The number of rotatable bonds is 3. The van der Waals surface area contributed by atoms with Crippen molar-refractivity contribution in [2.45, 2.75) is 45.1 Å². The standard InChI is InChI=1S/C17H24N2O/c1-2-5-13-10-11-19(12-13)17(20)16-9-8-14-6-3-4-7-15(14)18-16/h3-4,6-7,13,16,18H,2,5,8-12H2,1H3. The zero-order chi connectivity index (χ0) is 13.9. The number of carbonyl (C=O) groups excluding carboxylic acids is 1. The third-order valence-electron chi connectivity index (χ3n) is 4.64. The van der Waals surface area contributed by atoms with E-state index in [-0.39, 0.29) is 6.04 Å². The van der Waals surface area contributed by atoms with E-state index in [0.717, 1.165) is 37.5 Å². The fraction of sp³-hybridized carbons (Fsp3) is 0.588. The van der Waals surface area contributed by atoms with Crippen LogP contribution in [0.1, 0.15) is 38.2 Å². The molecule has 0 saturated carbocycles. The van der Waals surface area contributed by atoms with Gasteiger partial charge < -0.3 is 10.2 Å².